The van der Waals surface area contributed by atoms with Gasteiger partial charge >= 0.3 is 0 Å². The van der Waals surface area contributed by atoms with E-state index < -0.39 is 0 Å². The quantitative estimate of drug-likeness (QED) is 0.791. The van der Waals surface area contributed by atoms with Gasteiger partial charge in [-0.25, -0.2) is 0 Å². The Kier molecular flexibility index (Phi) is 4.95. The molecule has 0 spiro atoms. The highest BCUT2D eigenvalue weighted by atomic mass is 16.5. The van der Waals surface area contributed by atoms with Gasteiger partial charge in [0.15, 0.2) is 5.78 Å². The van der Waals surface area contributed by atoms with Crippen LogP contribution in [0.1, 0.15) is 41.8 Å². The Balaban J connectivity index is 2.16. The van der Waals surface area contributed by atoms with Gasteiger partial charge in [0, 0.05) is 18.2 Å². The Morgan fingerprint density at radius 2 is 2.15 bits per heavy atom. The molecular formula is C17H25NO2. The predicted octanol–water partition coefficient (Wildman–Crippen LogP) is 2.99. The van der Waals surface area contributed by atoms with Crippen molar-refractivity contribution in [3.05, 3.63) is 34.9 Å². The average molecular weight is 275 g/mol. The molecule has 1 fully saturated rings. The number of carbonyl (C=O) groups excluding carboxylic acids is 1. The third-order valence-electron chi connectivity index (χ3n) is 4.41. The van der Waals surface area contributed by atoms with Crippen LogP contribution in [0.3, 0.4) is 0 Å². The molecule has 110 valence electrons. The molecule has 1 aromatic carbocycles. The predicted molar refractivity (Wildman–Crippen MR) is 81.3 cm³/mol. The summed E-state index contributed by atoms with van der Waals surface area (Å²) in [6, 6.07) is 6.27. The van der Waals surface area contributed by atoms with Gasteiger partial charge in [0.05, 0.1) is 19.3 Å². The number of ketones is 1. The van der Waals surface area contributed by atoms with Gasteiger partial charge in [0.25, 0.3) is 0 Å². The fraction of sp³-hybridized carbons (Fsp3) is 0.588. The highest BCUT2D eigenvalue weighted by molar-refractivity contribution is 6.00. The minimum atomic E-state index is -0.0778. The van der Waals surface area contributed by atoms with E-state index in [0.29, 0.717) is 6.04 Å². The van der Waals surface area contributed by atoms with Gasteiger partial charge in [-0.1, -0.05) is 19.1 Å². The molecule has 20 heavy (non-hydrogen) atoms. The molecule has 0 saturated carbocycles. The molecule has 3 heteroatoms. The molecule has 2 atom stereocenters. The summed E-state index contributed by atoms with van der Waals surface area (Å²) in [5.41, 5.74) is 3.23. The van der Waals surface area contributed by atoms with Crippen LogP contribution >= 0.6 is 0 Å². The van der Waals surface area contributed by atoms with E-state index in [2.05, 4.69) is 25.7 Å². The first-order chi connectivity index (χ1) is 9.54. The molecule has 1 saturated heterocycles. The summed E-state index contributed by atoms with van der Waals surface area (Å²) in [4.78, 5) is 15.0. The van der Waals surface area contributed by atoms with Crippen LogP contribution in [0.5, 0.6) is 0 Å². The molecule has 0 N–H and O–H groups in total. The van der Waals surface area contributed by atoms with Crippen LogP contribution < -0.4 is 0 Å². The molecule has 0 aliphatic carbocycles. The first-order valence-corrected chi connectivity index (χ1v) is 7.49. The summed E-state index contributed by atoms with van der Waals surface area (Å²) in [6.07, 6.45) is 1.02. The Morgan fingerprint density at radius 3 is 2.80 bits per heavy atom. The first kappa shape index (κ1) is 15.2. The first-order valence-electron chi connectivity index (χ1n) is 7.49. The van der Waals surface area contributed by atoms with Crippen LogP contribution in [0.25, 0.3) is 0 Å². The van der Waals surface area contributed by atoms with Crippen molar-refractivity contribution in [1.82, 2.24) is 4.90 Å². The third-order valence-corrected chi connectivity index (χ3v) is 4.41. The normalized spacial score (nSPS) is 21.7. The summed E-state index contributed by atoms with van der Waals surface area (Å²) < 4.78 is 5.52. The van der Waals surface area contributed by atoms with Crippen LogP contribution in [0, 0.1) is 13.8 Å². The minimum Gasteiger partial charge on any atom is -0.378 e. The van der Waals surface area contributed by atoms with Gasteiger partial charge in [-0.15, -0.1) is 0 Å². The van der Waals surface area contributed by atoms with Crippen molar-refractivity contribution in [3.63, 3.8) is 0 Å². The fourth-order valence-corrected chi connectivity index (χ4v) is 2.82. The van der Waals surface area contributed by atoms with E-state index in [1.165, 1.54) is 11.1 Å². The Morgan fingerprint density at radius 1 is 1.40 bits per heavy atom. The van der Waals surface area contributed by atoms with Crippen LogP contribution in [-0.4, -0.2) is 42.5 Å². The number of carbonyl (C=O) groups is 1. The minimum absolute atomic E-state index is 0.0778. The van der Waals surface area contributed by atoms with Gasteiger partial charge in [-0.3, -0.25) is 9.69 Å². The standard InChI is InChI=1S/C17H25NO2/c1-5-16-11-20-9-8-18(16)14(4)17(19)15-7-6-12(2)13(3)10-15/h6-7,10,14,16H,5,8-9,11H2,1-4H3. The zero-order chi connectivity index (χ0) is 14.7. The van der Waals surface area contributed by atoms with E-state index >= 15 is 0 Å². The lowest BCUT2D eigenvalue weighted by Crippen LogP contribution is -2.52. The number of benzene rings is 1. The molecule has 1 aliphatic heterocycles. The fourth-order valence-electron chi connectivity index (χ4n) is 2.82. The van der Waals surface area contributed by atoms with Crippen molar-refractivity contribution in [2.24, 2.45) is 0 Å². The maximum Gasteiger partial charge on any atom is 0.179 e. The van der Waals surface area contributed by atoms with Gasteiger partial charge in [-0.05, 0) is 44.4 Å². The summed E-state index contributed by atoms with van der Waals surface area (Å²) in [5.74, 6) is 0.216. The van der Waals surface area contributed by atoms with Crippen molar-refractivity contribution in [3.8, 4) is 0 Å². The van der Waals surface area contributed by atoms with E-state index in [0.717, 1.165) is 31.7 Å². The summed E-state index contributed by atoms with van der Waals surface area (Å²) in [7, 11) is 0. The maximum absolute atomic E-state index is 12.7. The van der Waals surface area contributed by atoms with Crippen LogP contribution in [0.4, 0.5) is 0 Å². The maximum atomic E-state index is 12.7. The van der Waals surface area contributed by atoms with Crippen LogP contribution in [0.2, 0.25) is 0 Å². The second-order valence-electron chi connectivity index (χ2n) is 5.71. The number of ether oxygens (including phenoxy) is 1. The zero-order valence-electron chi connectivity index (χ0n) is 13.0. The highest BCUT2D eigenvalue weighted by Crippen LogP contribution is 2.18. The van der Waals surface area contributed by atoms with Crippen molar-refractivity contribution < 1.29 is 9.53 Å². The molecule has 3 nitrogen and oxygen atoms in total. The van der Waals surface area contributed by atoms with E-state index in [1.54, 1.807) is 0 Å². The van der Waals surface area contributed by atoms with Crippen LogP contribution in [-0.2, 0) is 4.74 Å². The SMILES string of the molecule is CCC1COCCN1C(C)C(=O)c1ccc(C)c(C)c1. The summed E-state index contributed by atoms with van der Waals surface area (Å²) >= 11 is 0. The van der Waals surface area contributed by atoms with Crippen LogP contribution in [0.15, 0.2) is 18.2 Å². The summed E-state index contributed by atoms with van der Waals surface area (Å²) in [6.45, 7) is 10.6. The smallest absolute Gasteiger partial charge is 0.179 e. The van der Waals surface area contributed by atoms with Crippen molar-refractivity contribution >= 4 is 5.78 Å². The molecular weight excluding hydrogens is 250 g/mol. The number of nitrogens with zero attached hydrogens (tertiary/aromatic N) is 1. The number of aryl methyl sites for hydroxylation is 2. The van der Waals surface area contributed by atoms with E-state index in [-0.39, 0.29) is 11.8 Å². The lowest BCUT2D eigenvalue weighted by atomic mass is 9.98. The zero-order valence-corrected chi connectivity index (χ0v) is 13.0. The van der Waals surface area contributed by atoms with Gasteiger partial charge in [-0.2, -0.15) is 0 Å². The topological polar surface area (TPSA) is 29.5 Å². The lowest BCUT2D eigenvalue weighted by molar-refractivity contribution is -0.0220. The molecule has 1 heterocycles. The number of morpholine rings is 1. The largest absolute Gasteiger partial charge is 0.378 e. The van der Waals surface area contributed by atoms with Crippen molar-refractivity contribution in [1.29, 1.82) is 0 Å². The molecule has 0 bridgehead atoms. The highest BCUT2D eigenvalue weighted by Gasteiger charge is 2.30. The van der Waals surface area contributed by atoms with Crippen molar-refractivity contribution in [2.75, 3.05) is 19.8 Å². The Hall–Kier alpha value is -1.19. The Labute approximate surface area is 121 Å². The van der Waals surface area contributed by atoms with Crippen molar-refractivity contribution in [2.45, 2.75) is 46.2 Å². The van der Waals surface area contributed by atoms with E-state index in [4.69, 9.17) is 4.74 Å². The molecule has 1 aromatic rings. The van der Waals surface area contributed by atoms with E-state index in [9.17, 15) is 4.79 Å². The molecule has 0 aromatic heterocycles. The number of Topliss-reactive ketones (excluding diaryl/α,β-unsaturated/α-hetero) is 1. The Bertz CT molecular complexity index is 484. The number of rotatable bonds is 4. The van der Waals surface area contributed by atoms with Gasteiger partial charge < -0.3 is 4.74 Å². The van der Waals surface area contributed by atoms with E-state index in [1.807, 2.05) is 25.1 Å². The molecule has 2 rings (SSSR count). The average Bonchev–Trinajstić information content (AvgIpc) is 2.48. The van der Waals surface area contributed by atoms with Gasteiger partial charge in [0.1, 0.15) is 0 Å². The van der Waals surface area contributed by atoms with Gasteiger partial charge in [0.2, 0.25) is 0 Å². The molecule has 2 unspecified atom stereocenters. The molecule has 1 aliphatic rings. The third kappa shape index (κ3) is 3.10. The second kappa shape index (κ2) is 6.51. The molecule has 0 amide bonds. The molecule has 0 radical (unpaired) electrons. The number of hydrogen-bond donors (Lipinski definition) is 0. The number of hydrogen-bond acceptors (Lipinski definition) is 3. The monoisotopic (exact) mass is 275 g/mol. The second-order valence-corrected chi connectivity index (χ2v) is 5.71. The summed E-state index contributed by atoms with van der Waals surface area (Å²) in [5, 5.41) is 0. The lowest BCUT2D eigenvalue weighted by Gasteiger charge is -2.38.